The minimum Gasteiger partial charge on any atom is -0.283 e. The van der Waals surface area contributed by atoms with Crippen LogP contribution in [0.25, 0.3) is 5.69 Å². The second-order valence-electron chi connectivity index (χ2n) is 6.31. The number of anilines is 1. The Kier molecular flexibility index (Phi) is 5.17. The largest absolute Gasteiger partial charge is 0.296 e. The summed E-state index contributed by atoms with van der Waals surface area (Å²) in [6.45, 7) is 1.78. The molecule has 27 heavy (non-hydrogen) atoms. The van der Waals surface area contributed by atoms with E-state index < -0.39 is 10.0 Å². The lowest BCUT2D eigenvalue weighted by Crippen LogP contribution is -2.34. The third kappa shape index (κ3) is 3.79. The van der Waals surface area contributed by atoms with E-state index in [1.165, 1.54) is 4.68 Å². The highest BCUT2D eigenvalue weighted by atomic mass is 35.5. The van der Waals surface area contributed by atoms with Gasteiger partial charge in [-0.1, -0.05) is 41.9 Å². The fraction of sp³-hybridized carbons (Fsp3) is 0.211. The first kappa shape index (κ1) is 19.3. The highest BCUT2D eigenvalue weighted by molar-refractivity contribution is 7.92. The molecule has 0 saturated heterocycles. The molecule has 0 aliphatic heterocycles. The maximum atomic E-state index is 13.2. The van der Waals surface area contributed by atoms with Crippen LogP contribution < -0.4 is 9.86 Å². The molecule has 2 aromatic carbocycles. The molecule has 142 valence electrons. The van der Waals surface area contributed by atoms with Gasteiger partial charge in [0, 0.05) is 12.1 Å². The molecule has 0 atom stereocenters. The van der Waals surface area contributed by atoms with Crippen molar-refractivity contribution < 1.29 is 8.42 Å². The first-order valence-corrected chi connectivity index (χ1v) is 10.5. The minimum atomic E-state index is -3.68. The molecule has 0 saturated carbocycles. The Hall–Kier alpha value is -2.51. The summed E-state index contributed by atoms with van der Waals surface area (Å²) in [7, 11) is -1.95. The Morgan fingerprint density at radius 3 is 2.19 bits per heavy atom. The second-order valence-corrected chi connectivity index (χ2v) is 8.65. The summed E-state index contributed by atoms with van der Waals surface area (Å²) in [5.41, 5.74) is 1.71. The average molecular weight is 406 g/mol. The van der Waals surface area contributed by atoms with Crippen molar-refractivity contribution in [2.75, 3.05) is 10.6 Å². The zero-order chi connectivity index (χ0) is 19.8. The number of rotatable bonds is 5. The van der Waals surface area contributed by atoms with Crippen LogP contribution in [0.5, 0.6) is 0 Å². The number of aromatic nitrogens is 2. The first-order chi connectivity index (χ1) is 12.7. The van der Waals surface area contributed by atoms with E-state index in [1.54, 1.807) is 55.1 Å². The molecule has 0 spiro atoms. The van der Waals surface area contributed by atoms with Crippen LogP contribution in [0.3, 0.4) is 0 Å². The van der Waals surface area contributed by atoms with Gasteiger partial charge in [0.05, 0.1) is 24.2 Å². The van der Waals surface area contributed by atoms with E-state index in [0.717, 1.165) is 16.1 Å². The summed E-state index contributed by atoms with van der Waals surface area (Å²) in [6, 6.07) is 16.0. The summed E-state index contributed by atoms with van der Waals surface area (Å²) in [5.74, 6) is 0. The van der Waals surface area contributed by atoms with Gasteiger partial charge in [0.1, 0.15) is 5.69 Å². The van der Waals surface area contributed by atoms with Crippen molar-refractivity contribution in [3.63, 3.8) is 0 Å². The van der Waals surface area contributed by atoms with Gasteiger partial charge >= 0.3 is 0 Å². The summed E-state index contributed by atoms with van der Waals surface area (Å²) in [5, 5.41) is 0.562. The van der Waals surface area contributed by atoms with Crippen LogP contribution in [-0.4, -0.2) is 24.0 Å². The van der Waals surface area contributed by atoms with E-state index in [0.29, 0.717) is 16.4 Å². The average Bonchev–Trinajstić information content (AvgIpc) is 2.84. The van der Waals surface area contributed by atoms with Gasteiger partial charge in [-0.3, -0.25) is 13.8 Å². The van der Waals surface area contributed by atoms with Gasteiger partial charge in [0.25, 0.3) is 5.56 Å². The molecule has 0 bridgehead atoms. The molecule has 0 N–H and O–H groups in total. The van der Waals surface area contributed by atoms with Crippen LogP contribution in [0, 0.1) is 6.92 Å². The fourth-order valence-electron chi connectivity index (χ4n) is 2.96. The van der Waals surface area contributed by atoms with Crippen molar-refractivity contribution >= 4 is 27.3 Å². The van der Waals surface area contributed by atoms with Crippen molar-refractivity contribution in [1.82, 2.24) is 9.36 Å². The van der Waals surface area contributed by atoms with Crippen LogP contribution in [0.2, 0.25) is 5.02 Å². The third-order valence-corrected chi connectivity index (χ3v) is 5.78. The van der Waals surface area contributed by atoms with E-state index in [-0.39, 0.29) is 17.8 Å². The van der Waals surface area contributed by atoms with Gasteiger partial charge < -0.3 is 0 Å². The Morgan fingerprint density at radius 1 is 1.04 bits per heavy atom. The number of hydrogen-bond donors (Lipinski definition) is 0. The molecule has 3 rings (SSSR count). The maximum absolute atomic E-state index is 13.2. The van der Waals surface area contributed by atoms with Crippen LogP contribution in [0.1, 0.15) is 11.3 Å². The Balaban J connectivity index is 2.16. The number of hydrogen-bond acceptors (Lipinski definition) is 3. The molecular weight excluding hydrogens is 386 g/mol. The van der Waals surface area contributed by atoms with Gasteiger partial charge in [0.2, 0.25) is 10.0 Å². The minimum absolute atomic E-state index is 0.0465. The Bertz CT molecular complexity index is 1120. The number of nitrogens with zero attached hydrogens (tertiary/aromatic N) is 3. The fourth-order valence-corrected chi connectivity index (χ4v) is 4.01. The summed E-state index contributed by atoms with van der Waals surface area (Å²) in [4.78, 5) is 13.2. The van der Waals surface area contributed by atoms with Gasteiger partial charge in [-0.15, -0.1) is 0 Å². The molecule has 6 nitrogen and oxygen atoms in total. The lowest BCUT2D eigenvalue weighted by atomic mass is 10.2. The van der Waals surface area contributed by atoms with Crippen LogP contribution >= 0.6 is 11.6 Å². The molecule has 1 aromatic heterocycles. The second kappa shape index (κ2) is 7.25. The molecule has 1 heterocycles. The van der Waals surface area contributed by atoms with Gasteiger partial charge in [-0.05, 0) is 36.8 Å². The number of benzene rings is 2. The summed E-state index contributed by atoms with van der Waals surface area (Å²) in [6.07, 6.45) is 1.10. The molecule has 0 aliphatic rings. The lowest BCUT2D eigenvalue weighted by molar-refractivity contribution is 0.596. The van der Waals surface area contributed by atoms with Gasteiger partial charge in [-0.25, -0.2) is 13.1 Å². The van der Waals surface area contributed by atoms with Crippen LogP contribution in [-0.2, 0) is 23.6 Å². The molecule has 0 aliphatic carbocycles. The van der Waals surface area contributed by atoms with Crippen LogP contribution in [0.4, 0.5) is 5.69 Å². The topological polar surface area (TPSA) is 64.3 Å². The Labute approximate surface area is 163 Å². The normalized spacial score (nSPS) is 11.6. The highest BCUT2D eigenvalue weighted by Crippen LogP contribution is 2.23. The quantitative estimate of drug-likeness (QED) is 0.655. The van der Waals surface area contributed by atoms with E-state index in [4.69, 9.17) is 11.6 Å². The van der Waals surface area contributed by atoms with E-state index in [1.807, 2.05) is 18.2 Å². The number of sulfonamides is 1. The standard InChI is InChI=1S/C19H20ClN3O3S/c1-14-18(19(24)23(21(14)2)17-7-5-4-6-8-17)22(27(3,25)26)13-15-9-11-16(20)12-10-15/h4-12H,13H2,1-3H3. The molecular formula is C19H20ClN3O3S. The van der Waals surface area contributed by atoms with Crippen LogP contribution in [0.15, 0.2) is 59.4 Å². The molecule has 8 heteroatoms. The molecule has 0 amide bonds. The molecule has 0 radical (unpaired) electrons. The van der Waals surface area contributed by atoms with Crippen molar-refractivity contribution in [1.29, 1.82) is 0 Å². The summed E-state index contributed by atoms with van der Waals surface area (Å²) < 4.78 is 29.3. The summed E-state index contributed by atoms with van der Waals surface area (Å²) >= 11 is 5.91. The van der Waals surface area contributed by atoms with E-state index >= 15 is 0 Å². The van der Waals surface area contributed by atoms with Crippen molar-refractivity contribution in [3.8, 4) is 5.69 Å². The number of para-hydroxylation sites is 1. The SMILES string of the molecule is Cc1c(N(Cc2ccc(Cl)cc2)S(C)(=O)=O)c(=O)n(-c2ccccc2)n1C. The smallest absolute Gasteiger partial charge is 0.283 e. The van der Waals surface area contributed by atoms with Gasteiger partial charge in [0.15, 0.2) is 0 Å². The zero-order valence-corrected chi connectivity index (χ0v) is 16.8. The number of halogens is 1. The third-order valence-electron chi connectivity index (χ3n) is 4.41. The molecule has 0 fully saturated rings. The van der Waals surface area contributed by atoms with E-state index in [2.05, 4.69) is 0 Å². The van der Waals surface area contributed by atoms with Crippen molar-refractivity contribution in [2.24, 2.45) is 7.05 Å². The lowest BCUT2D eigenvalue weighted by Gasteiger charge is -2.21. The predicted octanol–water partition coefficient (Wildman–Crippen LogP) is 3.10. The molecule has 3 aromatic rings. The zero-order valence-electron chi connectivity index (χ0n) is 15.3. The first-order valence-electron chi connectivity index (χ1n) is 8.26. The van der Waals surface area contributed by atoms with E-state index in [9.17, 15) is 13.2 Å². The maximum Gasteiger partial charge on any atom is 0.296 e. The predicted molar refractivity (Wildman–Crippen MR) is 108 cm³/mol. The highest BCUT2D eigenvalue weighted by Gasteiger charge is 2.27. The monoisotopic (exact) mass is 405 g/mol. The Morgan fingerprint density at radius 2 is 1.63 bits per heavy atom. The molecule has 0 unspecified atom stereocenters. The van der Waals surface area contributed by atoms with Crippen molar-refractivity contribution in [3.05, 3.63) is 81.2 Å². The van der Waals surface area contributed by atoms with Gasteiger partial charge in [-0.2, -0.15) is 0 Å². The van der Waals surface area contributed by atoms with Crippen molar-refractivity contribution in [2.45, 2.75) is 13.5 Å².